The van der Waals surface area contributed by atoms with E-state index in [1.165, 1.54) is 0 Å². The molecule has 1 atom stereocenters. The van der Waals surface area contributed by atoms with Crippen molar-refractivity contribution in [1.82, 2.24) is 0 Å². The molecule has 3 aromatic carbocycles. The number of carbonyl (C=O) groups excluding carboxylic acids is 4. The Morgan fingerprint density at radius 2 is 1.19 bits per heavy atom. The van der Waals surface area contributed by atoms with Gasteiger partial charge in [0.25, 0.3) is 0 Å². The quantitative estimate of drug-likeness (QED) is 0.0344. The summed E-state index contributed by atoms with van der Waals surface area (Å²) in [5.41, 5.74) is 5.01. The third-order valence-electron chi connectivity index (χ3n) is 10.1. The first-order valence-electron chi connectivity index (χ1n) is 20.0. The molecule has 0 saturated heterocycles. The number of ether oxygens (including phenoxy) is 6. The van der Waals surface area contributed by atoms with E-state index in [-0.39, 0.29) is 36.2 Å². The molecule has 0 heterocycles. The molecule has 0 spiro atoms. The van der Waals surface area contributed by atoms with Gasteiger partial charge in [-0.05, 0) is 135 Å². The highest BCUT2D eigenvalue weighted by molar-refractivity contribution is 5.94. The second-order valence-corrected chi connectivity index (χ2v) is 14.5. The van der Waals surface area contributed by atoms with Gasteiger partial charge in [-0.3, -0.25) is 4.79 Å². The first-order chi connectivity index (χ1) is 27.6. The topological polar surface area (TPSA) is 144 Å². The van der Waals surface area contributed by atoms with Gasteiger partial charge in [-0.25, -0.2) is 14.4 Å². The van der Waals surface area contributed by atoms with Crippen LogP contribution in [0.5, 0.6) is 17.2 Å². The fourth-order valence-electron chi connectivity index (χ4n) is 6.86. The number of carbonyl (C=O) groups is 4. The Balaban J connectivity index is 0.975. The van der Waals surface area contributed by atoms with Crippen LogP contribution in [-0.2, 0) is 28.6 Å². The average molecular weight is 783 g/mol. The molecule has 0 amide bonds. The van der Waals surface area contributed by atoms with Gasteiger partial charge < -0.3 is 33.5 Å². The third kappa shape index (κ3) is 12.8. The third-order valence-corrected chi connectivity index (χ3v) is 10.1. The van der Waals surface area contributed by atoms with E-state index in [0.29, 0.717) is 49.7 Å². The summed E-state index contributed by atoms with van der Waals surface area (Å²) < 4.78 is 33.3. The summed E-state index contributed by atoms with van der Waals surface area (Å²) in [5.74, 6) is -0.159. The van der Waals surface area contributed by atoms with E-state index in [1.807, 2.05) is 18.2 Å². The summed E-state index contributed by atoms with van der Waals surface area (Å²) in [4.78, 5) is 49.0. The van der Waals surface area contributed by atoms with Crippen LogP contribution < -0.4 is 14.2 Å². The monoisotopic (exact) mass is 782 g/mol. The highest BCUT2D eigenvalue weighted by Gasteiger charge is 2.27. The summed E-state index contributed by atoms with van der Waals surface area (Å²) in [5, 5.41) is 8.92. The van der Waals surface area contributed by atoms with Crippen molar-refractivity contribution in [3.8, 4) is 28.4 Å². The molecule has 11 nitrogen and oxygen atoms in total. The number of aliphatic hydroxyl groups excluding tert-OH is 1. The summed E-state index contributed by atoms with van der Waals surface area (Å²) in [7, 11) is 0. The summed E-state index contributed by atoms with van der Waals surface area (Å²) in [6, 6.07) is 18.6. The van der Waals surface area contributed by atoms with Crippen LogP contribution in [0.15, 0.2) is 85.0 Å². The van der Waals surface area contributed by atoms with Gasteiger partial charge in [0.1, 0.15) is 23.4 Å². The smallest absolute Gasteiger partial charge is 0.343 e. The van der Waals surface area contributed by atoms with Gasteiger partial charge in [-0.2, -0.15) is 0 Å². The van der Waals surface area contributed by atoms with E-state index >= 15 is 0 Å². The van der Waals surface area contributed by atoms with E-state index in [2.05, 4.69) is 32.2 Å². The molecular weight excluding hydrogens is 728 g/mol. The Bertz CT molecular complexity index is 1870. The first kappa shape index (κ1) is 42.7. The van der Waals surface area contributed by atoms with E-state index in [0.717, 1.165) is 85.8 Å². The number of unbranched alkanes of at least 4 members (excludes halogenated alkanes) is 4. The number of hydrogen-bond acceptors (Lipinski definition) is 11. The minimum absolute atomic E-state index is 0.0594. The SMILES string of the molecule is C=C(CO)C(=O)OCCCCCCOc1ccc2c(c1)C(C)c1cc(C(=O)Oc3ccc(OCCCCOC(=O)C(=C)CC(=O)OC4CCCCC4)cc3)ccc1-2. The van der Waals surface area contributed by atoms with Crippen LogP contribution >= 0.6 is 0 Å². The van der Waals surface area contributed by atoms with Crippen molar-refractivity contribution in [2.45, 2.75) is 96.0 Å². The van der Waals surface area contributed by atoms with Crippen molar-refractivity contribution in [3.05, 3.63) is 102 Å². The van der Waals surface area contributed by atoms with Crippen molar-refractivity contribution in [2.75, 3.05) is 33.0 Å². The molecule has 5 rings (SSSR count). The Labute approximate surface area is 334 Å². The molecular formula is C46H54O11. The largest absolute Gasteiger partial charge is 0.494 e. The molecule has 1 fully saturated rings. The minimum atomic E-state index is -0.593. The van der Waals surface area contributed by atoms with Crippen LogP contribution in [0.1, 0.15) is 111 Å². The standard InChI is InChI=1S/C46H54O11/c1-31(27-43(48)56-36-13-7-6-8-14-36)44(49)54-26-12-11-24-52-35-16-18-37(19-17-35)57-46(51)34-15-21-39-40-22-20-38(29-42(40)33(3)41(39)28-34)53-23-9-4-5-10-25-55-45(50)32(2)30-47/h15-22,28-29,33,36,47H,1-2,4-14,23-27,30H2,3H3. The molecule has 1 N–H and O–H groups in total. The summed E-state index contributed by atoms with van der Waals surface area (Å²) >= 11 is 0. The van der Waals surface area contributed by atoms with Crippen molar-refractivity contribution >= 4 is 23.9 Å². The van der Waals surface area contributed by atoms with Crippen LogP contribution in [-0.4, -0.2) is 68.1 Å². The van der Waals surface area contributed by atoms with Crippen molar-refractivity contribution in [2.24, 2.45) is 0 Å². The maximum absolute atomic E-state index is 13.2. The molecule has 1 saturated carbocycles. The molecule has 0 aromatic heterocycles. The molecule has 0 radical (unpaired) electrons. The fraction of sp³-hybridized carbons (Fsp3) is 0.435. The van der Waals surface area contributed by atoms with Gasteiger partial charge in [0.2, 0.25) is 0 Å². The fourth-order valence-corrected chi connectivity index (χ4v) is 6.86. The Morgan fingerprint density at radius 1 is 0.649 bits per heavy atom. The minimum Gasteiger partial charge on any atom is -0.494 e. The van der Waals surface area contributed by atoms with Crippen LogP contribution in [0.3, 0.4) is 0 Å². The Kier molecular flexibility index (Phi) is 16.3. The molecule has 0 bridgehead atoms. The van der Waals surface area contributed by atoms with Crippen LogP contribution in [0.2, 0.25) is 0 Å². The molecule has 304 valence electrons. The molecule has 2 aliphatic carbocycles. The molecule has 3 aromatic rings. The van der Waals surface area contributed by atoms with E-state index in [4.69, 9.17) is 33.5 Å². The van der Waals surface area contributed by atoms with Gasteiger partial charge in [-0.15, -0.1) is 0 Å². The van der Waals surface area contributed by atoms with Crippen LogP contribution in [0.4, 0.5) is 0 Å². The maximum Gasteiger partial charge on any atom is 0.343 e. The number of fused-ring (bicyclic) bond motifs is 3. The Morgan fingerprint density at radius 3 is 1.88 bits per heavy atom. The number of hydrogen-bond donors (Lipinski definition) is 1. The van der Waals surface area contributed by atoms with Crippen LogP contribution in [0.25, 0.3) is 11.1 Å². The maximum atomic E-state index is 13.2. The number of aliphatic hydroxyl groups is 1. The second-order valence-electron chi connectivity index (χ2n) is 14.5. The van der Waals surface area contributed by atoms with Crippen molar-refractivity contribution < 1.29 is 52.7 Å². The molecule has 0 aliphatic heterocycles. The second kappa shape index (κ2) is 21.8. The lowest BCUT2D eigenvalue weighted by molar-refractivity contribution is -0.151. The normalized spacial score (nSPS) is 14.5. The van der Waals surface area contributed by atoms with E-state index in [9.17, 15) is 19.2 Å². The average Bonchev–Trinajstić information content (AvgIpc) is 3.50. The number of rotatable bonds is 22. The van der Waals surface area contributed by atoms with Crippen molar-refractivity contribution in [1.29, 1.82) is 0 Å². The number of benzene rings is 3. The van der Waals surface area contributed by atoms with Crippen LogP contribution in [0, 0.1) is 0 Å². The van der Waals surface area contributed by atoms with Gasteiger partial charge in [0.15, 0.2) is 0 Å². The highest BCUT2D eigenvalue weighted by atomic mass is 16.6. The lowest BCUT2D eigenvalue weighted by atomic mass is 9.98. The summed E-state index contributed by atoms with van der Waals surface area (Å²) in [6.45, 7) is 10.3. The van der Waals surface area contributed by atoms with Gasteiger partial charge in [0, 0.05) is 11.5 Å². The van der Waals surface area contributed by atoms with Crippen molar-refractivity contribution in [3.63, 3.8) is 0 Å². The molecule has 1 unspecified atom stereocenters. The van der Waals surface area contributed by atoms with Gasteiger partial charge >= 0.3 is 23.9 Å². The Hall–Kier alpha value is -5.42. The van der Waals surface area contributed by atoms with Gasteiger partial charge in [0.05, 0.1) is 50.6 Å². The first-order valence-corrected chi connectivity index (χ1v) is 20.0. The molecule has 11 heteroatoms. The van der Waals surface area contributed by atoms with Gasteiger partial charge in [-0.1, -0.05) is 38.6 Å². The lowest BCUT2D eigenvalue weighted by Crippen LogP contribution is -2.22. The predicted molar refractivity (Wildman–Crippen MR) is 214 cm³/mol. The predicted octanol–water partition coefficient (Wildman–Crippen LogP) is 8.59. The van der Waals surface area contributed by atoms with E-state index < -0.39 is 30.5 Å². The van der Waals surface area contributed by atoms with E-state index in [1.54, 1.807) is 30.3 Å². The lowest BCUT2D eigenvalue weighted by Gasteiger charge is -2.21. The highest BCUT2D eigenvalue weighted by Crippen LogP contribution is 2.46. The number of esters is 4. The summed E-state index contributed by atoms with van der Waals surface area (Å²) in [6.07, 6.45) is 9.45. The molecule has 2 aliphatic rings. The zero-order chi connectivity index (χ0) is 40.6. The molecule has 57 heavy (non-hydrogen) atoms. The zero-order valence-electron chi connectivity index (χ0n) is 32.9. The zero-order valence-corrected chi connectivity index (χ0v) is 32.9.